The summed E-state index contributed by atoms with van der Waals surface area (Å²) in [5.41, 5.74) is -2.06. The largest absolute Gasteiger partial charge is 0.484 e. The Labute approximate surface area is 146 Å². The molecular formula is C19H24O6. The molecule has 0 aromatic heterocycles. The Balaban J connectivity index is 1.93. The number of ketones is 1. The van der Waals surface area contributed by atoms with Gasteiger partial charge in [0.2, 0.25) is 0 Å². The van der Waals surface area contributed by atoms with Gasteiger partial charge in [-0.05, 0) is 19.3 Å². The van der Waals surface area contributed by atoms with Crippen molar-refractivity contribution in [3.63, 3.8) is 0 Å². The van der Waals surface area contributed by atoms with Crippen molar-refractivity contribution in [2.75, 3.05) is 0 Å². The minimum Gasteiger partial charge on any atom is -0.484 e. The zero-order valence-corrected chi connectivity index (χ0v) is 14.7. The van der Waals surface area contributed by atoms with Crippen LogP contribution in [-0.2, 0) is 19.1 Å². The molecule has 25 heavy (non-hydrogen) atoms. The molecule has 0 aromatic carbocycles. The maximum atomic E-state index is 12.7. The second-order valence-electron chi connectivity index (χ2n) is 8.16. The Morgan fingerprint density at radius 2 is 1.88 bits per heavy atom. The van der Waals surface area contributed by atoms with E-state index >= 15 is 0 Å². The molecule has 5 rings (SSSR count). The fourth-order valence-corrected chi connectivity index (χ4v) is 4.71. The van der Waals surface area contributed by atoms with Crippen molar-refractivity contribution in [3.05, 3.63) is 23.5 Å². The second-order valence-corrected chi connectivity index (χ2v) is 8.16. The van der Waals surface area contributed by atoms with Gasteiger partial charge in [0.15, 0.2) is 17.1 Å². The Morgan fingerprint density at radius 3 is 2.60 bits per heavy atom. The molecule has 5 bridgehead atoms. The van der Waals surface area contributed by atoms with Crippen LogP contribution in [0.4, 0.5) is 0 Å². The maximum absolute atomic E-state index is 12.7. The lowest BCUT2D eigenvalue weighted by molar-refractivity contribution is -0.262. The Bertz CT molecular complexity index is 709. The Kier molecular flexibility index (Phi) is 3.48. The van der Waals surface area contributed by atoms with Crippen molar-refractivity contribution in [3.8, 4) is 0 Å². The van der Waals surface area contributed by atoms with Crippen molar-refractivity contribution in [2.45, 2.75) is 63.4 Å². The van der Waals surface area contributed by atoms with Crippen LogP contribution < -0.4 is 0 Å². The summed E-state index contributed by atoms with van der Waals surface area (Å²) in [5, 5.41) is 21.3. The second kappa shape index (κ2) is 5.17. The quantitative estimate of drug-likeness (QED) is 0.389. The predicted molar refractivity (Wildman–Crippen MR) is 87.2 cm³/mol. The summed E-state index contributed by atoms with van der Waals surface area (Å²) in [6.45, 7) is 5.62. The highest BCUT2D eigenvalue weighted by molar-refractivity contribution is 6.19. The molecule has 1 spiro atoms. The van der Waals surface area contributed by atoms with Gasteiger partial charge in [0.1, 0.15) is 17.3 Å². The van der Waals surface area contributed by atoms with Crippen LogP contribution in [0.1, 0.15) is 40.0 Å². The Morgan fingerprint density at radius 1 is 1.16 bits per heavy atom. The minimum atomic E-state index is -1.15. The van der Waals surface area contributed by atoms with Crippen molar-refractivity contribution >= 4 is 11.8 Å². The van der Waals surface area contributed by atoms with Crippen LogP contribution in [0, 0.1) is 17.8 Å². The van der Waals surface area contributed by atoms with E-state index in [1.807, 2.05) is 20.8 Å². The highest BCUT2D eigenvalue weighted by Gasteiger charge is 2.70. The number of esters is 1. The lowest BCUT2D eigenvalue weighted by atomic mass is 9.59. The molecular weight excluding hydrogens is 324 g/mol. The van der Waals surface area contributed by atoms with E-state index < -0.39 is 35.3 Å². The van der Waals surface area contributed by atoms with Crippen molar-refractivity contribution in [1.82, 2.24) is 0 Å². The SMILES string of the molecule is CC1C[C@]23OC(=O)C4=C2OC1(C)[C@H](O)C3/C=C\[C@@H](O)[C@H](C)CCC4=O. The number of aliphatic hydroxyl groups is 2. The van der Waals surface area contributed by atoms with Crippen LogP contribution in [-0.4, -0.2) is 45.4 Å². The number of Topliss-reactive ketones (excluding diaryl/α,β-unsaturated/α-hetero) is 1. The van der Waals surface area contributed by atoms with Gasteiger partial charge >= 0.3 is 5.97 Å². The molecule has 7 atom stereocenters. The number of hydrogen-bond donors (Lipinski definition) is 2. The average Bonchev–Trinajstić information content (AvgIpc) is 2.82. The zero-order valence-electron chi connectivity index (χ0n) is 14.7. The Hall–Kier alpha value is -1.66. The van der Waals surface area contributed by atoms with Crippen LogP contribution in [0.15, 0.2) is 23.5 Å². The van der Waals surface area contributed by atoms with Crippen LogP contribution >= 0.6 is 0 Å². The molecule has 3 fully saturated rings. The zero-order chi connectivity index (χ0) is 18.1. The summed E-state index contributed by atoms with van der Waals surface area (Å²) < 4.78 is 11.8. The highest BCUT2D eigenvalue weighted by Crippen LogP contribution is 2.60. The number of hydrogen-bond acceptors (Lipinski definition) is 6. The van der Waals surface area contributed by atoms with Crippen LogP contribution in [0.5, 0.6) is 0 Å². The van der Waals surface area contributed by atoms with Gasteiger partial charge < -0.3 is 19.7 Å². The minimum absolute atomic E-state index is 0.00739. The molecule has 2 aliphatic carbocycles. The first-order chi connectivity index (χ1) is 11.7. The van der Waals surface area contributed by atoms with E-state index in [0.29, 0.717) is 12.8 Å². The first kappa shape index (κ1) is 16.8. The molecule has 2 saturated heterocycles. The molecule has 2 N–H and O–H groups in total. The van der Waals surface area contributed by atoms with Gasteiger partial charge in [0.05, 0.1) is 12.0 Å². The van der Waals surface area contributed by atoms with Crippen LogP contribution in [0.25, 0.3) is 0 Å². The van der Waals surface area contributed by atoms with E-state index in [9.17, 15) is 19.8 Å². The van der Waals surface area contributed by atoms with Gasteiger partial charge in [-0.2, -0.15) is 0 Å². The standard InChI is InChI=1S/C19H24O6/c1-9-4-6-13(21)14-16-19(25-17(14)23)8-10(2)18(3,24-16)15(22)11(19)5-7-12(9)20/h5,7,9-12,15,20,22H,4,6,8H2,1-3H3/b7-5-/t9-,10?,11?,12-,15-,18?,19-/m1/s1. The summed E-state index contributed by atoms with van der Waals surface area (Å²) in [6, 6.07) is 0. The van der Waals surface area contributed by atoms with Crippen molar-refractivity contribution < 1.29 is 29.3 Å². The molecule has 136 valence electrons. The summed E-state index contributed by atoms with van der Waals surface area (Å²) in [4.78, 5) is 25.2. The lowest BCUT2D eigenvalue weighted by Gasteiger charge is -2.59. The third-order valence-electron chi connectivity index (χ3n) is 6.67. The molecule has 0 aromatic rings. The monoisotopic (exact) mass is 348 g/mol. The lowest BCUT2D eigenvalue weighted by Crippen LogP contribution is -2.69. The van der Waals surface area contributed by atoms with Gasteiger partial charge in [0.25, 0.3) is 0 Å². The number of rotatable bonds is 0. The fraction of sp³-hybridized carbons (Fsp3) is 0.684. The number of aliphatic hydroxyl groups excluding tert-OH is 2. The number of carbonyl (C=O) groups excluding carboxylic acids is 2. The average molecular weight is 348 g/mol. The summed E-state index contributed by atoms with van der Waals surface area (Å²) in [7, 11) is 0. The molecule has 0 amide bonds. The number of carbonyl (C=O) groups is 2. The van der Waals surface area contributed by atoms with Gasteiger partial charge in [-0.1, -0.05) is 26.0 Å². The molecule has 3 aliphatic heterocycles. The fourth-order valence-electron chi connectivity index (χ4n) is 4.71. The highest BCUT2D eigenvalue weighted by atomic mass is 16.6. The van der Waals surface area contributed by atoms with E-state index in [4.69, 9.17) is 9.47 Å². The van der Waals surface area contributed by atoms with E-state index in [1.165, 1.54) is 0 Å². The maximum Gasteiger partial charge on any atom is 0.346 e. The van der Waals surface area contributed by atoms with E-state index in [2.05, 4.69) is 0 Å². The van der Waals surface area contributed by atoms with E-state index in [0.717, 1.165) is 0 Å². The van der Waals surface area contributed by atoms with Gasteiger partial charge in [-0.3, -0.25) is 4.79 Å². The topological polar surface area (TPSA) is 93.1 Å². The smallest absolute Gasteiger partial charge is 0.346 e. The first-order valence-electron chi connectivity index (χ1n) is 8.95. The summed E-state index contributed by atoms with van der Waals surface area (Å²) in [5.74, 6) is -1.40. The normalized spacial score (nSPS) is 50.2. The van der Waals surface area contributed by atoms with Gasteiger partial charge in [0, 0.05) is 18.8 Å². The van der Waals surface area contributed by atoms with E-state index in [-0.39, 0.29) is 35.4 Å². The summed E-state index contributed by atoms with van der Waals surface area (Å²) >= 11 is 0. The summed E-state index contributed by atoms with van der Waals surface area (Å²) in [6.07, 6.45) is 2.87. The van der Waals surface area contributed by atoms with E-state index in [1.54, 1.807) is 12.2 Å². The predicted octanol–water partition coefficient (Wildman–Crippen LogP) is 1.26. The molecule has 6 heteroatoms. The third-order valence-corrected chi connectivity index (χ3v) is 6.67. The van der Waals surface area contributed by atoms with Crippen molar-refractivity contribution in [2.24, 2.45) is 17.8 Å². The molecule has 3 heterocycles. The van der Waals surface area contributed by atoms with Crippen molar-refractivity contribution in [1.29, 1.82) is 0 Å². The molecule has 5 aliphatic rings. The molecule has 6 nitrogen and oxygen atoms in total. The molecule has 3 unspecified atom stereocenters. The first-order valence-corrected chi connectivity index (χ1v) is 8.95. The van der Waals surface area contributed by atoms with Gasteiger partial charge in [-0.25, -0.2) is 4.79 Å². The van der Waals surface area contributed by atoms with Crippen LogP contribution in [0.2, 0.25) is 0 Å². The number of fused-ring (bicyclic) bond motifs is 1. The van der Waals surface area contributed by atoms with Gasteiger partial charge in [-0.15, -0.1) is 0 Å². The molecule has 1 saturated carbocycles. The molecule has 0 radical (unpaired) electrons. The van der Waals surface area contributed by atoms with Crippen LogP contribution in [0.3, 0.4) is 0 Å². The third kappa shape index (κ3) is 2.04. The number of ether oxygens (including phenoxy) is 2.